The molecule has 1 unspecified atom stereocenters. The first-order chi connectivity index (χ1) is 15.1. The molecule has 3 heterocycles. The Labute approximate surface area is 178 Å². The van der Waals surface area contributed by atoms with Gasteiger partial charge in [-0.15, -0.1) is 0 Å². The molecular weight excluding hydrogens is 396 g/mol. The van der Waals surface area contributed by atoms with E-state index in [-0.39, 0.29) is 17.7 Å². The number of piperazine rings is 1. The normalized spacial score (nSPS) is 20.2. The van der Waals surface area contributed by atoms with Crippen molar-refractivity contribution < 1.29 is 18.8 Å². The third kappa shape index (κ3) is 3.80. The van der Waals surface area contributed by atoms with Crippen molar-refractivity contribution in [3.8, 4) is 0 Å². The summed E-state index contributed by atoms with van der Waals surface area (Å²) in [6, 6.07) is 9.53. The lowest BCUT2D eigenvalue weighted by Gasteiger charge is -2.26. The molecule has 0 aliphatic carbocycles. The van der Waals surface area contributed by atoms with Gasteiger partial charge in [0.1, 0.15) is 5.58 Å². The summed E-state index contributed by atoms with van der Waals surface area (Å²) in [6.45, 7) is 3.85. The van der Waals surface area contributed by atoms with Gasteiger partial charge in [-0.05, 0) is 30.0 Å². The zero-order valence-electron chi connectivity index (χ0n) is 17.1. The summed E-state index contributed by atoms with van der Waals surface area (Å²) in [5.41, 5.74) is 2.18. The molecular formula is C23H24N4O4. The third-order valence-electron chi connectivity index (χ3n) is 6.09. The van der Waals surface area contributed by atoms with Crippen LogP contribution in [0, 0.1) is 0 Å². The number of imide groups is 1. The van der Waals surface area contributed by atoms with E-state index in [2.05, 4.69) is 20.9 Å². The number of nitrogens with one attached hydrogen (secondary N) is 3. The van der Waals surface area contributed by atoms with E-state index in [0.717, 1.165) is 53.6 Å². The van der Waals surface area contributed by atoms with Crippen molar-refractivity contribution in [2.24, 2.45) is 0 Å². The Morgan fingerprint density at radius 1 is 1.13 bits per heavy atom. The van der Waals surface area contributed by atoms with Crippen LogP contribution >= 0.6 is 0 Å². The molecule has 2 saturated heterocycles. The van der Waals surface area contributed by atoms with Crippen molar-refractivity contribution in [1.29, 1.82) is 0 Å². The third-order valence-corrected chi connectivity index (χ3v) is 6.09. The van der Waals surface area contributed by atoms with Crippen LogP contribution in [-0.2, 0) is 14.4 Å². The zero-order chi connectivity index (χ0) is 21.4. The predicted octanol–water partition coefficient (Wildman–Crippen LogP) is 1.95. The highest BCUT2D eigenvalue weighted by molar-refractivity contribution is 6.15. The topological polar surface area (TPSA) is 104 Å². The molecule has 2 aromatic carbocycles. The smallest absolute Gasteiger partial charge is 0.238 e. The van der Waals surface area contributed by atoms with E-state index in [1.165, 1.54) is 0 Å². The molecule has 0 radical (unpaired) electrons. The second-order valence-corrected chi connectivity index (χ2v) is 8.11. The van der Waals surface area contributed by atoms with Gasteiger partial charge in [-0.25, -0.2) is 0 Å². The number of nitrogens with zero attached hydrogens (tertiary/aromatic N) is 1. The molecule has 2 aliphatic rings. The molecule has 1 aromatic heterocycles. The van der Waals surface area contributed by atoms with Crippen LogP contribution in [0.2, 0.25) is 0 Å². The maximum Gasteiger partial charge on any atom is 0.238 e. The number of benzene rings is 2. The molecule has 0 spiro atoms. The van der Waals surface area contributed by atoms with Gasteiger partial charge in [-0.3, -0.25) is 24.6 Å². The van der Waals surface area contributed by atoms with Crippen LogP contribution in [0.15, 0.2) is 41.0 Å². The minimum Gasteiger partial charge on any atom is -0.464 e. The van der Waals surface area contributed by atoms with Crippen LogP contribution in [0.25, 0.3) is 21.7 Å². The summed E-state index contributed by atoms with van der Waals surface area (Å²) < 4.78 is 5.74. The molecule has 1 atom stereocenters. The summed E-state index contributed by atoms with van der Waals surface area (Å²) in [6.07, 6.45) is 2.37. The second-order valence-electron chi connectivity index (χ2n) is 8.11. The first kappa shape index (κ1) is 19.7. The van der Waals surface area contributed by atoms with Gasteiger partial charge >= 0.3 is 0 Å². The molecule has 2 fully saturated rings. The number of amides is 3. The minimum absolute atomic E-state index is 0.0490. The Balaban J connectivity index is 1.48. The summed E-state index contributed by atoms with van der Waals surface area (Å²) in [4.78, 5) is 38.8. The first-order valence-electron chi connectivity index (χ1n) is 10.6. The van der Waals surface area contributed by atoms with Gasteiger partial charge in [-0.2, -0.15) is 0 Å². The van der Waals surface area contributed by atoms with Crippen LogP contribution in [-0.4, -0.2) is 55.3 Å². The van der Waals surface area contributed by atoms with Gasteiger partial charge in [0.25, 0.3) is 0 Å². The largest absolute Gasteiger partial charge is 0.464 e. The standard InChI is InChI=1S/C23H24N4O4/c28-20-7-5-16(23(30)26-20)17-13-31-19-6-4-14-15(22(17)19)2-1-3-18(14)25-21(29)12-27-10-8-24-9-11-27/h1-4,6,13,16,24H,5,7-12H2,(H,25,29)(H,26,28,30). The van der Waals surface area contributed by atoms with Crippen LogP contribution in [0.4, 0.5) is 5.69 Å². The van der Waals surface area contributed by atoms with Gasteiger partial charge in [0, 0.05) is 54.6 Å². The molecule has 0 bridgehead atoms. The molecule has 3 aromatic rings. The number of furan rings is 1. The van der Waals surface area contributed by atoms with Crippen molar-refractivity contribution >= 4 is 45.2 Å². The van der Waals surface area contributed by atoms with Gasteiger partial charge < -0.3 is 15.1 Å². The summed E-state index contributed by atoms with van der Waals surface area (Å²) in [7, 11) is 0. The molecule has 3 N–H and O–H groups in total. The number of hydrogen-bond acceptors (Lipinski definition) is 6. The lowest BCUT2D eigenvalue weighted by molar-refractivity contribution is -0.134. The molecule has 3 amide bonds. The van der Waals surface area contributed by atoms with E-state index in [4.69, 9.17) is 4.42 Å². The SMILES string of the molecule is O=C1CCC(c2coc3ccc4c(NC(=O)CN5CCNCC5)cccc4c23)C(=O)N1. The van der Waals surface area contributed by atoms with Gasteiger partial charge in [0.05, 0.1) is 18.7 Å². The fraction of sp³-hybridized carbons (Fsp3) is 0.348. The monoisotopic (exact) mass is 420 g/mol. The van der Waals surface area contributed by atoms with E-state index in [1.807, 2.05) is 30.3 Å². The Morgan fingerprint density at radius 3 is 2.77 bits per heavy atom. The minimum atomic E-state index is -0.435. The van der Waals surface area contributed by atoms with Gasteiger partial charge in [0.15, 0.2) is 0 Å². The quantitative estimate of drug-likeness (QED) is 0.558. The fourth-order valence-electron chi connectivity index (χ4n) is 4.54. The van der Waals surface area contributed by atoms with Crippen molar-refractivity contribution in [2.75, 3.05) is 38.0 Å². The number of fused-ring (bicyclic) bond motifs is 3. The van der Waals surface area contributed by atoms with E-state index < -0.39 is 5.92 Å². The highest BCUT2D eigenvalue weighted by Crippen LogP contribution is 2.38. The maximum atomic E-state index is 12.6. The van der Waals surface area contributed by atoms with E-state index in [9.17, 15) is 14.4 Å². The Morgan fingerprint density at radius 2 is 1.97 bits per heavy atom. The van der Waals surface area contributed by atoms with Crippen molar-refractivity contribution in [2.45, 2.75) is 18.8 Å². The van der Waals surface area contributed by atoms with Gasteiger partial charge in [-0.1, -0.05) is 12.1 Å². The maximum absolute atomic E-state index is 12.6. The second kappa shape index (κ2) is 8.13. The fourth-order valence-corrected chi connectivity index (χ4v) is 4.54. The lowest BCUT2D eigenvalue weighted by Crippen LogP contribution is -2.46. The average molecular weight is 420 g/mol. The van der Waals surface area contributed by atoms with Gasteiger partial charge in [0.2, 0.25) is 17.7 Å². The number of carbonyl (C=O) groups is 3. The number of carbonyl (C=O) groups excluding carboxylic acids is 3. The van der Waals surface area contributed by atoms with Crippen LogP contribution in [0.5, 0.6) is 0 Å². The first-order valence-corrected chi connectivity index (χ1v) is 10.6. The highest BCUT2D eigenvalue weighted by Gasteiger charge is 2.31. The van der Waals surface area contributed by atoms with Crippen LogP contribution in [0.1, 0.15) is 24.3 Å². The predicted molar refractivity (Wildman–Crippen MR) is 117 cm³/mol. The number of anilines is 1. The molecule has 160 valence electrons. The van der Waals surface area contributed by atoms with Crippen molar-refractivity contribution in [3.05, 3.63) is 42.2 Å². The number of hydrogen-bond donors (Lipinski definition) is 3. The Bertz CT molecular complexity index is 1180. The molecule has 2 aliphatic heterocycles. The Kier molecular flexibility index (Phi) is 5.17. The van der Waals surface area contributed by atoms with Crippen molar-refractivity contribution in [3.63, 3.8) is 0 Å². The summed E-state index contributed by atoms with van der Waals surface area (Å²) >= 11 is 0. The summed E-state index contributed by atoms with van der Waals surface area (Å²) in [5.74, 6) is -1.02. The van der Waals surface area contributed by atoms with Crippen LogP contribution < -0.4 is 16.0 Å². The van der Waals surface area contributed by atoms with E-state index in [1.54, 1.807) is 6.26 Å². The van der Waals surface area contributed by atoms with Crippen molar-refractivity contribution in [1.82, 2.24) is 15.5 Å². The number of rotatable bonds is 4. The molecule has 0 saturated carbocycles. The highest BCUT2D eigenvalue weighted by atomic mass is 16.3. The molecule has 8 heteroatoms. The number of piperidine rings is 1. The molecule has 31 heavy (non-hydrogen) atoms. The molecule has 8 nitrogen and oxygen atoms in total. The zero-order valence-corrected chi connectivity index (χ0v) is 17.1. The molecule has 5 rings (SSSR count). The summed E-state index contributed by atoms with van der Waals surface area (Å²) in [5, 5.41) is 11.4. The van der Waals surface area contributed by atoms with Crippen LogP contribution in [0.3, 0.4) is 0 Å². The van der Waals surface area contributed by atoms with E-state index >= 15 is 0 Å². The average Bonchev–Trinajstić information content (AvgIpc) is 3.19. The van der Waals surface area contributed by atoms with E-state index in [0.29, 0.717) is 25.0 Å². The Hall–Kier alpha value is -3.23. The lowest BCUT2D eigenvalue weighted by atomic mass is 9.88.